The number of pyridine rings is 4. The van der Waals surface area contributed by atoms with Crippen LogP contribution < -0.4 is 27.6 Å². The highest BCUT2D eigenvalue weighted by Crippen LogP contribution is 2.36. The molecule has 0 spiro atoms. The summed E-state index contributed by atoms with van der Waals surface area (Å²) in [6.07, 6.45) is 10.2. The molecular weight excluding hydrogens is 818 g/mol. The van der Waals surface area contributed by atoms with Gasteiger partial charge in [0.25, 0.3) is 0 Å². The van der Waals surface area contributed by atoms with E-state index in [4.69, 9.17) is 44.0 Å². The van der Waals surface area contributed by atoms with Crippen LogP contribution in [0, 0.1) is 27.7 Å². The van der Waals surface area contributed by atoms with Crippen LogP contribution in [0.25, 0.3) is 11.1 Å². The van der Waals surface area contributed by atoms with Gasteiger partial charge in [-0.15, -0.1) is 0 Å². The van der Waals surface area contributed by atoms with E-state index in [9.17, 15) is 0 Å². The van der Waals surface area contributed by atoms with E-state index < -0.39 is 7.12 Å². The van der Waals surface area contributed by atoms with Gasteiger partial charge in [-0.25, -0.2) is 39.9 Å². The summed E-state index contributed by atoms with van der Waals surface area (Å²) < 4.78 is 13.0. The molecule has 290 valence electrons. The third-order valence-electron chi connectivity index (χ3n) is 9.06. The highest BCUT2D eigenvalue weighted by atomic mass is 79.9. The van der Waals surface area contributed by atoms with Crippen LogP contribution in [0.15, 0.2) is 78.1 Å². The summed E-state index contributed by atoms with van der Waals surface area (Å²) in [6, 6.07) is 11.2. The maximum absolute atomic E-state index is 6.07. The van der Waals surface area contributed by atoms with Crippen molar-refractivity contribution in [3.63, 3.8) is 0 Å². The zero-order chi connectivity index (χ0) is 40.8. The number of nitrogens with zero attached hydrogens (tertiary/aromatic N) is 8. The minimum Gasteiger partial charge on any atom is -0.399 e. The fourth-order valence-corrected chi connectivity index (χ4v) is 5.76. The molecule has 1 saturated heterocycles. The Balaban J connectivity index is 0.000000173. The summed E-state index contributed by atoms with van der Waals surface area (Å²) in [7, 11) is -0.407. The van der Waals surface area contributed by atoms with Gasteiger partial charge in [-0.2, -0.15) is 0 Å². The highest BCUT2D eigenvalue weighted by molar-refractivity contribution is 9.10. The first-order valence-electron chi connectivity index (χ1n) is 17.3. The van der Waals surface area contributed by atoms with Gasteiger partial charge in [0.05, 0.1) is 22.6 Å². The molecule has 7 rings (SSSR count). The van der Waals surface area contributed by atoms with Crippen molar-refractivity contribution in [2.45, 2.75) is 66.6 Å². The summed E-state index contributed by atoms with van der Waals surface area (Å²) in [4.78, 5) is 33.4. The second-order valence-electron chi connectivity index (χ2n) is 13.7. The summed E-state index contributed by atoms with van der Waals surface area (Å²) in [5.74, 6) is 4.15. The minimum atomic E-state index is -0.407. The van der Waals surface area contributed by atoms with Gasteiger partial charge in [-0.1, -0.05) is 23.2 Å². The fraction of sp³-hybridized carbons (Fsp3) is 0.263. The topological polar surface area (TPSA) is 198 Å². The van der Waals surface area contributed by atoms with Crippen LogP contribution >= 0.6 is 39.1 Å². The Morgan fingerprint density at radius 3 is 1.64 bits per heavy atom. The second kappa shape index (κ2) is 17.9. The van der Waals surface area contributed by atoms with Gasteiger partial charge >= 0.3 is 7.12 Å². The first-order valence-corrected chi connectivity index (χ1v) is 18.9. The van der Waals surface area contributed by atoms with Crippen molar-refractivity contribution in [1.82, 2.24) is 39.9 Å². The van der Waals surface area contributed by atoms with Gasteiger partial charge in [0.2, 0.25) is 0 Å². The van der Waals surface area contributed by atoms with Gasteiger partial charge in [-0.05, 0) is 130 Å². The molecule has 0 amide bonds. The van der Waals surface area contributed by atoms with Crippen LogP contribution in [0.2, 0.25) is 10.3 Å². The first kappa shape index (κ1) is 42.2. The van der Waals surface area contributed by atoms with E-state index in [1.165, 1.54) is 0 Å². The predicted octanol–water partition coefficient (Wildman–Crippen LogP) is 8.14. The number of aryl methyl sites for hydroxylation is 2. The monoisotopic (exact) mass is 858 g/mol. The molecule has 0 unspecified atom stereocenters. The van der Waals surface area contributed by atoms with Crippen LogP contribution in [-0.2, 0) is 9.31 Å². The molecule has 0 saturated carbocycles. The SMILES string of the molecule is Cc1c(Br)cnc(Cl)c1N.Cc1nccc(Nc2cc(-c3cnc(Cl)c(N)c3C)ccn2)n1.Cc1nccc(Nc2cc(B3OC(C)(C)C(C)(C)O3)ccn2)n1. The third kappa shape index (κ3) is 10.4. The Morgan fingerprint density at radius 2 is 1.11 bits per heavy atom. The number of aromatic nitrogens is 8. The Kier molecular flexibility index (Phi) is 13.4. The van der Waals surface area contributed by atoms with Crippen molar-refractivity contribution >= 4 is 86.4 Å². The van der Waals surface area contributed by atoms with Crippen molar-refractivity contribution in [3.05, 3.63) is 111 Å². The average molecular weight is 860 g/mol. The van der Waals surface area contributed by atoms with Crippen LogP contribution in [0.4, 0.5) is 34.6 Å². The summed E-state index contributed by atoms with van der Waals surface area (Å²) in [5, 5.41) is 7.01. The molecule has 0 radical (unpaired) electrons. The smallest absolute Gasteiger partial charge is 0.399 e. The number of rotatable bonds is 6. The summed E-state index contributed by atoms with van der Waals surface area (Å²) in [6.45, 7) is 15.6. The number of nitrogens with one attached hydrogen (secondary N) is 2. The molecule has 14 nitrogen and oxygen atoms in total. The molecule has 1 fully saturated rings. The summed E-state index contributed by atoms with van der Waals surface area (Å²) in [5.41, 5.74) is 16.4. The predicted molar refractivity (Wildman–Crippen MR) is 228 cm³/mol. The van der Waals surface area contributed by atoms with E-state index >= 15 is 0 Å². The lowest BCUT2D eigenvalue weighted by molar-refractivity contribution is 0.00578. The van der Waals surface area contributed by atoms with E-state index in [1.807, 2.05) is 79.7 Å². The molecule has 6 aromatic rings. The zero-order valence-corrected chi connectivity index (χ0v) is 35.3. The van der Waals surface area contributed by atoms with E-state index in [1.54, 1.807) is 49.3 Å². The number of anilines is 6. The molecule has 18 heteroatoms. The minimum absolute atomic E-state index is 0.315. The maximum atomic E-state index is 6.07. The maximum Gasteiger partial charge on any atom is 0.495 e. The van der Waals surface area contributed by atoms with Gasteiger partial charge in [0, 0.05) is 47.2 Å². The molecule has 0 aromatic carbocycles. The Bertz CT molecular complexity index is 2290. The first-order chi connectivity index (χ1) is 26.4. The van der Waals surface area contributed by atoms with Crippen molar-refractivity contribution in [1.29, 1.82) is 0 Å². The number of hydrogen-bond donors (Lipinski definition) is 4. The summed E-state index contributed by atoms with van der Waals surface area (Å²) >= 11 is 14.9. The highest BCUT2D eigenvalue weighted by Gasteiger charge is 2.51. The van der Waals surface area contributed by atoms with E-state index in [-0.39, 0.29) is 11.2 Å². The average Bonchev–Trinajstić information content (AvgIpc) is 3.38. The van der Waals surface area contributed by atoms with Crippen LogP contribution in [0.1, 0.15) is 50.5 Å². The van der Waals surface area contributed by atoms with Gasteiger partial charge in [0.15, 0.2) is 10.3 Å². The molecule has 7 heterocycles. The molecule has 0 atom stereocenters. The Hall–Kier alpha value is -5.00. The second-order valence-corrected chi connectivity index (χ2v) is 15.2. The third-order valence-corrected chi connectivity index (χ3v) is 10.5. The largest absolute Gasteiger partial charge is 0.495 e. The number of hydrogen-bond acceptors (Lipinski definition) is 14. The van der Waals surface area contributed by atoms with E-state index in [2.05, 4.69) is 66.4 Å². The molecule has 0 aliphatic carbocycles. The molecule has 6 N–H and O–H groups in total. The number of halogens is 3. The van der Waals surface area contributed by atoms with Crippen molar-refractivity contribution < 1.29 is 9.31 Å². The normalized spacial score (nSPS) is 13.9. The van der Waals surface area contributed by atoms with Crippen LogP contribution in [0.3, 0.4) is 0 Å². The number of nitrogens with two attached hydrogens (primary N) is 2. The van der Waals surface area contributed by atoms with Crippen LogP contribution in [0.5, 0.6) is 0 Å². The van der Waals surface area contributed by atoms with Crippen molar-refractivity contribution in [2.75, 3.05) is 22.1 Å². The van der Waals surface area contributed by atoms with Gasteiger partial charge in [-0.3, -0.25) is 0 Å². The number of nitrogen functional groups attached to an aromatic ring is 2. The quantitative estimate of drug-likeness (QED) is 0.0925. The van der Waals surface area contributed by atoms with Gasteiger partial charge < -0.3 is 31.4 Å². The van der Waals surface area contributed by atoms with Gasteiger partial charge in [0.1, 0.15) is 34.9 Å². The molecule has 1 aliphatic rings. The van der Waals surface area contributed by atoms with Crippen molar-refractivity contribution in [3.8, 4) is 11.1 Å². The molecular formula is C38H42BBrCl2N12O2. The zero-order valence-electron chi connectivity index (χ0n) is 32.2. The van der Waals surface area contributed by atoms with Crippen molar-refractivity contribution in [2.24, 2.45) is 0 Å². The molecule has 1 aliphatic heterocycles. The van der Waals surface area contributed by atoms with E-state index in [0.717, 1.165) is 32.2 Å². The lowest BCUT2D eigenvalue weighted by atomic mass is 9.80. The molecule has 6 aromatic heterocycles. The standard InChI is InChI=1S/C16H21BN4O2.C16H15ClN6.C6H6BrClN2/c1-11-18-9-7-13(20-11)21-14-10-12(6-8-19-14)17-22-15(2,3)16(4,5)23-17;1-9-12(8-21-16(17)15(9)18)11-3-5-20-14(7-11)23-13-4-6-19-10(2)22-13;1-3-4(7)2-10-6(8)5(3)9/h6-10H,1-5H3,(H,18,19,20,21);3-8H,18H2,1-2H3,(H,19,20,22,23);2H,9H2,1H3. The van der Waals surface area contributed by atoms with E-state index in [0.29, 0.717) is 56.6 Å². The lowest BCUT2D eigenvalue weighted by Crippen LogP contribution is -2.41. The fourth-order valence-electron chi connectivity index (χ4n) is 5.06. The Morgan fingerprint density at radius 1 is 0.625 bits per heavy atom. The lowest BCUT2D eigenvalue weighted by Gasteiger charge is -2.32. The molecule has 56 heavy (non-hydrogen) atoms. The Labute approximate surface area is 345 Å². The van der Waals surface area contributed by atoms with Crippen LogP contribution in [-0.4, -0.2) is 58.2 Å². The molecule has 0 bridgehead atoms.